The van der Waals surface area contributed by atoms with Crippen LogP contribution < -0.4 is 9.47 Å². The summed E-state index contributed by atoms with van der Waals surface area (Å²) in [5, 5.41) is 9.42. The fraction of sp³-hybridized carbons (Fsp3) is 0.441. The second-order valence-electron chi connectivity index (χ2n) is 12.2. The molecule has 1 N–H and O–H groups in total. The molecule has 0 amide bonds. The third-order valence-corrected chi connectivity index (χ3v) is 8.72. The minimum absolute atomic E-state index is 0.0256. The summed E-state index contributed by atoms with van der Waals surface area (Å²) in [4.78, 5) is 11.5. The Morgan fingerprint density at radius 2 is 1.80 bits per heavy atom. The van der Waals surface area contributed by atoms with Gasteiger partial charge in [-0.25, -0.2) is 8.78 Å². The van der Waals surface area contributed by atoms with E-state index in [1.807, 2.05) is 12.1 Å². The number of benzene rings is 3. The predicted octanol–water partition coefficient (Wildman–Crippen LogP) is 8.87. The Balaban J connectivity index is 1.44. The van der Waals surface area contributed by atoms with Crippen molar-refractivity contribution in [2.45, 2.75) is 77.2 Å². The molecule has 2 atom stereocenters. The highest BCUT2D eigenvalue weighted by Gasteiger charge is 2.37. The van der Waals surface area contributed by atoms with Crippen molar-refractivity contribution >= 4 is 5.97 Å². The summed E-state index contributed by atoms with van der Waals surface area (Å²) in [5.74, 6) is -0.0934. The zero-order chi connectivity index (χ0) is 28.4. The smallest absolute Gasteiger partial charge is 0.303 e. The number of rotatable bonds is 11. The molecule has 0 unspecified atom stereocenters. The highest BCUT2D eigenvalue weighted by molar-refractivity contribution is 5.71. The number of ether oxygens (including phenoxy) is 2. The molecule has 0 radical (unpaired) electrons. The number of carbonyl (C=O) groups is 1. The van der Waals surface area contributed by atoms with E-state index in [4.69, 9.17) is 9.47 Å². The normalized spacial score (nSPS) is 18.9. The molecule has 0 bridgehead atoms. The molecule has 3 aromatic carbocycles. The van der Waals surface area contributed by atoms with E-state index >= 15 is 4.39 Å². The summed E-state index contributed by atoms with van der Waals surface area (Å²) in [6, 6.07) is 15.4. The van der Waals surface area contributed by atoms with E-state index in [1.54, 1.807) is 25.3 Å². The monoisotopic (exact) mass is 548 g/mol. The van der Waals surface area contributed by atoms with Crippen LogP contribution >= 0.6 is 0 Å². The zero-order valence-corrected chi connectivity index (χ0v) is 23.5. The van der Waals surface area contributed by atoms with Crippen LogP contribution in [0.1, 0.15) is 87.3 Å². The topological polar surface area (TPSA) is 55.8 Å². The molecule has 0 heterocycles. The number of aliphatic carboxylic acids is 1. The number of hydrogen-bond acceptors (Lipinski definition) is 3. The van der Waals surface area contributed by atoms with Gasteiger partial charge in [-0.2, -0.15) is 0 Å². The summed E-state index contributed by atoms with van der Waals surface area (Å²) >= 11 is 0. The Bertz CT molecular complexity index is 1380. The first-order valence-electron chi connectivity index (χ1n) is 14.2. The van der Waals surface area contributed by atoms with Crippen molar-refractivity contribution in [2.75, 3.05) is 7.11 Å². The molecular formula is C34H38F2O4. The minimum atomic E-state index is -0.882. The molecule has 5 rings (SSSR count). The molecule has 0 aliphatic heterocycles. The average Bonchev–Trinajstić information content (AvgIpc) is 3.66. The highest BCUT2D eigenvalue weighted by Crippen LogP contribution is 2.51. The summed E-state index contributed by atoms with van der Waals surface area (Å²) in [6.45, 7) is 4.75. The molecule has 6 heteroatoms. The summed E-state index contributed by atoms with van der Waals surface area (Å²) in [6.07, 6.45) is 6.16. The standard InChI is InChI=1S/C34H38F2O4/c1-34(2)12-4-5-31(34)29-14-22(8-10-28(29)30-19-26(39-3)9-11-32(30)36)20-40-27-16-24(15-25(35)18-27)23(17-33(37)38)13-21-6-7-21/h8-11,14-16,18-19,21,23,31H,4-7,12-13,17,20H2,1-3H3,(H,37,38)/t23-,31+/m0/s1. The molecule has 3 aromatic rings. The van der Waals surface area contributed by atoms with Gasteiger partial charge in [-0.3, -0.25) is 4.79 Å². The van der Waals surface area contributed by atoms with Gasteiger partial charge in [0.2, 0.25) is 0 Å². The van der Waals surface area contributed by atoms with Crippen molar-refractivity contribution in [3.63, 3.8) is 0 Å². The number of methoxy groups -OCH3 is 1. The molecule has 2 aliphatic carbocycles. The van der Waals surface area contributed by atoms with Crippen molar-refractivity contribution in [1.82, 2.24) is 0 Å². The van der Waals surface area contributed by atoms with Crippen LogP contribution in [0.4, 0.5) is 8.78 Å². The van der Waals surface area contributed by atoms with Crippen LogP contribution in [0.5, 0.6) is 11.5 Å². The van der Waals surface area contributed by atoms with Crippen LogP contribution in [0.15, 0.2) is 54.6 Å². The van der Waals surface area contributed by atoms with Gasteiger partial charge in [-0.15, -0.1) is 0 Å². The molecule has 0 aromatic heterocycles. The Labute approximate surface area is 235 Å². The molecule has 2 saturated carbocycles. The Morgan fingerprint density at radius 1 is 1.00 bits per heavy atom. The van der Waals surface area contributed by atoms with E-state index in [0.717, 1.165) is 55.2 Å². The third kappa shape index (κ3) is 6.48. The number of hydrogen-bond donors (Lipinski definition) is 1. The van der Waals surface area contributed by atoms with Gasteiger partial charge in [0, 0.05) is 11.6 Å². The maximum Gasteiger partial charge on any atom is 0.303 e. The molecule has 212 valence electrons. The SMILES string of the molecule is COc1ccc(F)c(-c2ccc(COc3cc(F)cc([C@H](CC(=O)O)CC4CC4)c3)cc2[C@H]2CCCC2(C)C)c1. The molecule has 0 spiro atoms. The lowest BCUT2D eigenvalue weighted by atomic mass is 9.75. The van der Waals surface area contributed by atoms with Crippen molar-refractivity contribution in [3.8, 4) is 22.6 Å². The number of carboxylic acid groups (broad SMARTS) is 1. The lowest BCUT2D eigenvalue weighted by molar-refractivity contribution is -0.137. The first-order chi connectivity index (χ1) is 19.1. The van der Waals surface area contributed by atoms with Gasteiger partial charge in [-0.05, 0) is 95.0 Å². The van der Waals surface area contributed by atoms with E-state index in [-0.39, 0.29) is 36.1 Å². The number of carboxylic acids is 1. The maximum absolute atomic E-state index is 15.1. The molecule has 2 fully saturated rings. The quantitative estimate of drug-likeness (QED) is 0.260. The Hall–Kier alpha value is -3.41. The third-order valence-electron chi connectivity index (χ3n) is 8.72. The fourth-order valence-corrected chi connectivity index (χ4v) is 6.35. The van der Waals surface area contributed by atoms with Crippen LogP contribution in [-0.4, -0.2) is 18.2 Å². The van der Waals surface area contributed by atoms with E-state index in [2.05, 4.69) is 19.9 Å². The molecule has 0 saturated heterocycles. The van der Waals surface area contributed by atoms with Gasteiger partial charge in [0.1, 0.15) is 29.7 Å². The fourth-order valence-electron chi connectivity index (χ4n) is 6.35. The van der Waals surface area contributed by atoms with Crippen LogP contribution in [0, 0.1) is 23.0 Å². The second kappa shape index (κ2) is 11.6. The lowest BCUT2D eigenvalue weighted by Crippen LogP contribution is -2.17. The van der Waals surface area contributed by atoms with Gasteiger partial charge in [0.25, 0.3) is 0 Å². The van der Waals surface area contributed by atoms with Crippen LogP contribution in [0.25, 0.3) is 11.1 Å². The summed E-state index contributed by atoms with van der Waals surface area (Å²) in [5.41, 5.74) is 4.10. The van der Waals surface area contributed by atoms with Gasteiger partial charge in [-0.1, -0.05) is 51.3 Å². The molecule has 2 aliphatic rings. The van der Waals surface area contributed by atoms with Crippen LogP contribution in [0.3, 0.4) is 0 Å². The van der Waals surface area contributed by atoms with E-state index in [9.17, 15) is 14.3 Å². The molecular weight excluding hydrogens is 510 g/mol. The molecule has 4 nitrogen and oxygen atoms in total. The van der Waals surface area contributed by atoms with E-state index in [0.29, 0.717) is 28.5 Å². The zero-order valence-electron chi connectivity index (χ0n) is 23.5. The largest absolute Gasteiger partial charge is 0.497 e. The Morgan fingerprint density at radius 3 is 2.48 bits per heavy atom. The van der Waals surface area contributed by atoms with Crippen molar-refractivity contribution in [1.29, 1.82) is 0 Å². The van der Waals surface area contributed by atoms with Crippen molar-refractivity contribution in [3.05, 3.63) is 82.9 Å². The van der Waals surface area contributed by atoms with Crippen molar-refractivity contribution < 1.29 is 28.2 Å². The first-order valence-corrected chi connectivity index (χ1v) is 14.2. The summed E-state index contributed by atoms with van der Waals surface area (Å²) in [7, 11) is 1.58. The van der Waals surface area contributed by atoms with Gasteiger partial charge in [0.15, 0.2) is 0 Å². The average molecular weight is 549 g/mol. The number of halogens is 2. The van der Waals surface area contributed by atoms with Crippen LogP contribution in [-0.2, 0) is 11.4 Å². The summed E-state index contributed by atoms with van der Waals surface area (Å²) < 4.78 is 41.2. The second-order valence-corrected chi connectivity index (χ2v) is 12.2. The Kier molecular flexibility index (Phi) is 8.16. The predicted molar refractivity (Wildman–Crippen MR) is 152 cm³/mol. The van der Waals surface area contributed by atoms with Crippen LogP contribution in [0.2, 0.25) is 0 Å². The van der Waals surface area contributed by atoms with E-state index in [1.165, 1.54) is 18.2 Å². The maximum atomic E-state index is 15.1. The van der Waals surface area contributed by atoms with E-state index < -0.39 is 11.8 Å². The van der Waals surface area contributed by atoms with Gasteiger partial charge < -0.3 is 14.6 Å². The van der Waals surface area contributed by atoms with Gasteiger partial charge >= 0.3 is 5.97 Å². The minimum Gasteiger partial charge on any atom is -0.497 e. The molecule has 40 heavy (non-hydrogen) atoms. The first kappa shape index (κ1) is 28.1. The lowest BCUT2D eigenvalue weighted by Gasteiger charge is -2.30. The van der Waals surface area contributed by atoms with Crippen molar-refractivity contribution in [2.24, 2.45) is 11.3 Å². The van der Waals surface area contributed by atoms with Gasteiger partial charge in [0.05, 0.1) is 13.5 Å². The highest BCUT2D eigenvalue weighted by atomic mass is 19.1.